The van der Waals surface area contributed by atoms with Crippen molar-refractivity contribution in [3.05, 3.63) is 44.5 Å². The molecule has 0 saturated carbocycles. The zero-order chi connectivity index (χ0) is 23.3. The summed E-state index contributed by atoms with van der Waals surface area (Å²) in [7, 11) is 2.89. The van der Waals surface area contributed by atoms with Gasteiger partial charge in [0.05, 0.1) is 0 Å². The average molecular weight is 497 g/mol. The van der Waals surface area contributed by atoms with Crippen molar-refractivity contribution in [2.24, 2.45) is 5.41 Å². The summed E-state index contributed by atoms with van der Waals surface area (Å²) in [6, 6.07) is 0. The lowest BCUT2D eigenvalue weighted by molar-refractivity contribution is -0.141. The highest BCUT2D eigenvalue weighted by Gasteiger charge is 2.41. The van der Waals surface area contributed by atoms with Crippen molar-refractivity contribution < 1.29 is 33.3 Å². The van der Waals surface area contributed by atoms with Gasteiger partial charge in [0.2, 0.25) is 0 Å². The third-order valence-corrected chi connectivity index (χ3v) is 6.49. The molecule has 1 aromatic carbocycles. The fourth-order valence-electron chi connectivity index (χ4n) is 3.36. The minimum atomic E-state index is -0.873. The number of allylic oxidation sites excluding steroid dienone is 2. The third kappa shape index (κ3) is 4.86. The minimum Gasteiger partial charge on any atom is -0.465 e. The molecule has 0 spiro atoms. The summed E-state index contributed by atoms with van der Waals surface area (Å²) in [5, 5.41) is 0. The van der Waals surface area contributed by atoms with Crippen molar-refractivity contribution in [2.45, 2.75) is 41.0 Å². The van der Waals surface area contributed by atoms with Crippen molar-refractivity contribution >= 4 is 27.9 Å². The Morgan fingerprint density at radius 3 is 2.10 bits per heavy atom. The summed E-state index contributed by atoms with van der Waals surface area (Å²) < 4.78 is 26.9. The molecule has 0 fully saturated rings. The van der Waals surface area contributed by atoms with Crippen LogP contribution in [0.15, 0.2) is 27.8 Å². The van der Waals surface area contributed by atoms with Crippen LogP contribution >= 0.6 is 15.9 Å². The van der Waals surface area contributed by atoms with E-state index in [1.54, 1.807) is 13.8 Å². The molecule has 0 N–H and O–H groups in total. The van der Waals surface area contributed by atoms with E-state index in [4.69, 9.17) is 23.7 Å². The summed E-state index contributed by atoms with van der Waals surface area (Å²) in [5.74, 6) is -0.583. The van der Waals surface area contributed by atoms with Crippen molar-refractivity contribution in [1.29, 1.82) is 0 Å². The second kappa shape index (κ2) is 10.4. The molecule has 1 aromatic rings. The van der Waals surface area contributed by atoms with Crippen LogP contribution < -0.4 is 9.47 Å². The van der Waals surface area contributed by atoms with Crippen molar-refractivity contribution in [2.75, 3.05) is 27.8 Å². The van der Waals surface area contributed by atoms with Crippen LogP contribution in [0.2, 0.25) is 0 Å². The van der Waals surface area contributed by atoms with Crippen LogP contribution in [0, 0.1) is 19.3 Å². The molecule has 0 unspecified atom stereocenters. The highest BCUT2D eigenvalue weighted by atomic mass is 79.9. The SMILES string of the molecule is COCOC(=O)c1c(C)c(C)c(OC(=O)C2(C)C(C)=CCC=C2C)c(Br)c1OCOC. The molecule has 8 heteroatoms. The molecule has 0 amide bonds. The molecule has 0 aromatic heterocycles. The lowest BCUT2D eigenvalue weighted by Crippen LogP contribution is -2.36. The molecule has 0 radical (unpaired) electrons. The Balaban J connectivity index is 2.56. The van der Waals surface area contributed by atoms with Crippen molar-refractivity contribution in [1.82, 2.24) is 0 Å². The van der Waals surface area contributed by atoms with E-state index in [9.17, 15) is 9.59 Å². The smallest absolute Gasteiger partial charge is 0.344 e. The van der Waals surface area contributed by atoms with Gasteiger partial charge in [-0.25, -0.2) is 4.79 Å². The maximum Gasteiger partial charge on any atom is 0.344 e. The Labute approximate surface area is 191 Å². The van der Waals surface area contributed by atoms with E-state index in [0.29, 0.717) is 15.6 Å². The summed E-state index contributed by atoms with van der Waals surface area (Å²) in [6.07, 6.45) is 4.82. The highest BCUT2D eigenvalue weighted by molar-refractivity contribution is 9.10. The minimum absolute atomic E-state index is 0.111. The largest absolute Gasteiger partial charge is 0.465 e. The average Bonchev–Trinajstić information content (AvgIpc) is 2.74. The quantitative estimate of drug-likeness (QED) is 0.216. The van der Waals surface area contributed by atoms with E-state index in [0.717, 1.165) is 17.6 Å². The Morgan fingerprint density at radius 1 is 0.968 bits per heavy atom. The van der Waals surface area contributed by atoms with E-state index >= 15 is 0 Å². The number of halogens is 1. The summed E-state index contributed by atoms with van der Waals surface area (Å²) in [6.45, 7) is 8.89. The number of rotatable bonds is 8. The molecular formula is C23H29BrO7. The molecule has 0 atom stereocenters. The van der Waals surface area contributed by atoms with Gasteiger partial charge >= 0.3 is 11.9 Å². The van der Waals surface area contributed by atoms with Gasteiger partial charge in [-0.15, -0.1) is 0 Å². The lowest BCUT2D eigenvalue weighted by Gasteiger charge is -2.32. The molecule has 2 rings (SSSR count). The molecule has 0 saturated heterocycles. The van der Waals surface area contributed by atoms with Crippen LogP contribution in [-0.4, -0.2) is 39.7 Å². The van der Waals surface area contributed by atoms with E-state index in [1.165, 1.54) is 14.2 Å². The van der Waals surface area contributed by atoms with Crippen LogP contribution in [0.1, 0.15) is 48.7 Å². The molecule has 1 aliphatic rings. The number of ether oxygens (including phenoxy) is 5. The maximum atomic E-state index is 13.3. The van der Waals surface area contributed by atoms with Gasteiger partial charge in [0.15, 0.2) is 25.1 Å². The standard InChI is InChI=1S/C23H29BrO7/c1-13-9-8-10-14(2)23(13,5)22(26)31-19-16(4)15(3)17(21(25)30-12-28-7)20(18(19)24)29-11-27-6/h9-10H,8,11-12H2,1-7H3. The van der Waals surface area contributed by atoms with Crippen molar-refractivity contribution in [3.63, 3.8) is 0 Å². The number of carbonyl (C=O) groups excluding carboxylic acids is 2. The molecule has 0 bridgehead atoms. The summed E-state index contributed by atoms with van der Waals surface area (Å²) in [5.41, 5.74) is 2.36. The molecule has 0 aliphatic heterocycles. The molecular weight excluding hydrogens is 468 g/mol. The first-order chi connectivity index (χ1) is 14.6. The number of hydrogen-bond acceptors (Lipinski definition) is 7. The highest BCUT2D eigenvalue weighted by Crippen LogP contribution is 2.46. The van der Waals surface area contributed by atoms with Crippen LogP contribution in [0.4, 0.5) is 0 Å². The number of carbonyl (C=O) groups is 2. The topological polar surface area (TPSA) is 80.3 Å². The van der Waals surface area contributed by atoms with Crippen molar-refractivity contribution in [3.8, 4) is 11.5 Å². The van der Waals surface area contributed by atoms with E-state index in [-0.39, 0.29) is 30.6 Å². The number of hydrogen-bond donors (Lipinski definition) is 0. The van der Waals surface area contributed by atoms with Crippen LogP contribution in [0.3, 0.4) is 0 Å². The Bertz CT molecular complexity index is 913. The van der Waals surface area contributed by atoms with Gasteiger partial charge in [-0.1, -0.05) is 23.3 Å². The number of methoxy groups -OCH3 is 2. The van der Waals surface area contributed by atoms with Gasteiger partial charge in [0.1, 0.15) is 15.5 Å². The van der Waals surface area contributed by atoms with Crippen LogP contribution in [0.5, 0.6) is 11.5 Å². The van der Waals surface area contributed by atoms with E-state index < -0.39 is 17.4 Å². The molecule has 7 nitrogen and oxygen atoms in total. The monoisotopic (exact) mass is 496 g/mol. The molecule has 170 valence electrons. The van der Waals surface area contributed by atoms with Gasteiger partial charge in [-0.3, -0.25) is 4.79 Å². The summed E-state index contributed by atoms with van der Waals surface area (Å²) >= 11 is 3.46. The van der Waals surface area contributed by atoms with E-state index in [2.05, 4.69) is 15.9 Å². The third-order valence-electron chi connectivity index (χ3n) is 5.77. The number of esters is 2. The molecule has 1 aliphatic carbocycles. The Morgan fingerprint density at radius 2 is 1.55 bits per heavy atom. The maximum absolute atomic E-state index is 13.3. The van der Waals surface area contributed by atoms with Gasteiger partial charge < -0.3 is 23.7 Å². The van der Waals surface area contributed by atoms with Gasteiger partial charge in [0.25, 0.3) is 0 Å². The first kappa shape index (κ1) is 25.1. The van der Waals surface area contributed by atoms with Gasteiger partial charge in [-0.05, 0) is 68.1 Å². The van der Waals surface area contributed by atoms with Crippen LogP contribution in [0.25, 0.3) is 0 Å². The van der Waals surface area contributed by atoms with Gasteiger partial charge in [-0.2, -0.15) is 0 Å². The summed E-state index contributed by atoms with van der Waals surface area (Å²) in [4.78, 5) is 26.0. The van der Waals surface area contributed by atoms with Crippen LogP contribution in [-0.2, 0) is 19.0 Å². The molecule has 0 heterocycles. The number of benzene rings is 1. The first-order valence-corrected chi connectivity index (χ1v) is 10.6. The predicted octanol–water partition coefficient (Wildman–Crippen LogP) is 5.02. The second-order valence-electron chi connectivity index (χ2n) is 7.51. The lowest BCUT2D eigenvalue weighted by atomic mass is 9.73. The predicted molar refractivity (Wildman–Crippen MR) is 119 cm³/mol. The van der Waals surface area contributed by atoms with Gasteiger partial charge in [0, 0.05) is 14.2 Å². The Hall–Kier alpha value is -2.16. The fourth-order valence-corrected chi connectivity index (χ4v) is 4.05. The zero-order valence-electron chi connectivity index (χ0n) is 19.0. The second-order valence-corrected chi connectivity index (χ2v) is 8.30. The zero-order valence-corrected chi connectivity index (χ0v) is 20.6. The molecule has 31 heavy (non-hydrogen) atoms. The fraction of sp³-hybridized carbons (Fsp3) is 0.478. The Kier molecular flexibility index (Phi) is 8.45. The first-order valence-electron chi connectivity index (χ1n) is 9.78. The normalized spacial score (nSPS) is 15.1. The van der Waals surface area contributed by atoms with E-state index in [1.807, 2.05) is 32.9 Å².